The second-order valence-corrected chi connectivity index (χ2v) is 10.4. The number of carbonyl (C=O) groups excluding carboxylic acids is 5. The molecule has 0 spiro atoms. The Kier molecular flexibility index (Phi) is 9.95. The van der Waals surface area contributed by atoms with Gasteiger partial charge in [0.25, 0.3) is 5.91 Å². The minimum Gasteiger partial charge on any atom is -0.433 e. The van der Waals surface area contributed by atoms with Crippen molar-refractivity contribution in [2.45, 2.75) is 70.6 Å². The van der Waals surface area contributed by atoms with Gasteiger partial charge in [-0.25, -0.2) is 0 Å². The number of cyclic esters (lactones) is 1. The number of hydrogen-bond acceptors (Lipinski definition) is 7. The van der Waals surface area contributed by atoms with E-state index in [-0.39, 0.29) is 35.9 Å². The van der Waals surface area contributed by atoms with Crippen LogP contribution < -0.4 is 16.0 Å². The van der Waals surface area contributed by atoms with Crippen molar-refractivity contribution >= 4 is 46.9 Å². The second kappa shape index (κ2) is 13.6. The van der Waals surface area contributed by atoms with Gasteiger partial charge >= 0.3 is 5.97 Å². The number of nitrogens with one attached hydrogen (secondary N) is 3. The Morgan fingerprint density at radius 1 is 1.15 bits per heavy atom. The van der Waals surface area contributed by atoms with Crippen LogP contribution >= 0.6 is 11.6 Å². The van der Waals surface area contributed by atoms with Crippen LogP contribution in [-0.4, -0.2) is 65.5 Å². The summed E-state index contributed by atoms with van der Waals surface area (Å²) >= 11 is 6.22. The lowest BCUT2D eigenvalue weighted by molar-refractivity contribution is -0.168. The molecule has 218 valence electrons. The van der Waals surface area contributed by atoms with Gasteiger partial charge in [0.1, 0.15) is 18.1 Å². The summed E-state index contributed by atoms with van der Waals surface area (Å²) in [6, 6.07) is 11.4. The number of rotatable bonds is 10. The van der Waals surface area contributed by atoms with E-state index in [9.17, 15) is 24.0 Å². The van der Waals surface area contributed by atoms with Crippen molar-refractivity contribution in [3.63, 3.8) is 0 Å². The van der Waals surface area contributed by atoms with Crippen LogP contribution in [0.15, 0.2) is 48.5 Å². The SMILES string of the molecule is CCC(=O)Nc1ccc(C(=O)N[C@@H](C)C(=O)N2CCC[C@H]2C(=O)N[C@H]2CC(=O)O[C@H]2OCc2ccccc2)cc1Cl. The zero-order valence-corrected chi connectivity index (χ0v) is 23.6. The summed E-state index contributed by atoms with van der Waals surface area (Å²) in [5.74, 6) is -2.05. The average molecular weight is 585 g/mol. The van der Waals surface area contributed by atoms with Crippen LogP contribution in [0.4, 0.5) is 5.69 Å². The van der Waals surface area contributed by atoms with Crippen molar-refractivity contribution in [1.29, 1.82) is 0 Å². The van der Waals surface area contributed by atoms with Gasteiger partial charge in [-0.3, -0.25) is 24.0 Å². The number of benzene rings is 2. The molecule has 2 aromatic rings. The van der Waals surface area contributed by atoms with Crippen molar-refractivity contribution in [3.8, 4) is 0 Å². The number of anilines is 1. The zero-order valence-electron chi connectivity index (χ0n) is 22.9. The maximum atomic E-state index is 13.3. The van der Waals surface area contributed by atoms with Gasteiger partial charge in [0.05, 0.1) is 23.7 Å². The summed E-state index contributed by atoms with van der Waals surface area (Å²) in [6.45, 7) is 3.81. The van der Waals surface area contributed by atoms with Gasteiger partial charge in [-0.1, -0.05) is 48.9 Å². The number of ether oxygens (including phenoxy) is 2. The fraction of sp³-hybridized carbons (Fsp3) is 0.414. The van der Waals surface area contributed by atoms with E-state index in [0.717, 1.165) is 5.56 Å². The van der Waals surface area contributed by atoms with E-state index < -0.39 is 48.1 Å². The molecule has 12 heteroatoms. The molecule has 4 rings (SSSR count). The van der Waals surface area contributed by atoms with E-state index in [0.29, 0.717) is 25.1 Å². The van der Waals surface area contributed by atoms with Crippen LogP contribution in [0.5, 0.6) is 0 Å². The third-order valence-electron chi connectivity index (χ3n) is 6.93. The predicted octanol–water partition coefficient (Wildman–Crippen LogP) is 2.77. The molecule has 0 bridgehead atoms. The number of likely N-dealkylation sites (tertiary alicyclic amines) is 1. The molecule has 2 aromatic carbocycles. The molecule has 4 atom stereocenters. The minimum atomic E-state index is -0.941. The lowest BCUT2D eigenvalue weighted by atomic mass is 10.1. The highest BCUT2D eigenvalue weighted by molar-refractivity contribution is 6.34. The number of nitrogens with zero attached hydrogens (tertiary/aromatic N) is 1. The van der Waals surface area contributed by atoms with E-state index in [1.165, 1.54) is 23.1 Å². The van der Waals surface area contributed by atoms with Crippen LogP contribution in [-0.2, 0) is 35.3 Å². The van der Waals surface area contributed by atoms with E-state index in [1.807, 2.05) is 30.3 Å². The molecule has 0 aromatic heterocycles. The lowest BCUT2D eigenvalue weighted by Gasteiger charge is -2.28. The molecular formula is C29H33ClN4O7. The Bertz CT molecular complexity index is 1310. The summed E-state index contributed by atoms with van der Waals surface area (Å²) in [6.07, 6.45) is 0.350. The summed E-state index contributed by atoms with van der Waals surface area (Å²) in [7, 11) is 0. The predicted molar refractivity (Wildman–Crippen MR) is 150 cm³/mol. The maximum absolute atomic E-state index is 13.3. The second-order valence-electron chi connectivity index (χ2n) is 9.96. The Labute approximate surface area is 242 Å². The van der Waals surface area contributed by atoms with Gasteiger partial charge in [0, 0.05) is 18.5 Å². The van der Waals surface area contributed by atoms with Crippen LogP contribution in [0.25, 0.3) is 0 Å². The van der Waals surface area contributed by atoms with Crippen LogP contribution in [0.1, 0.15) is 55.5 Å². The molecule has 0 aliphatic carbocycles. The Hall–Kier alpha value is -3.96. The van der Waals surface area contributed by atoms with Gasteiger partial charge in [-0.2, -0.15) is 0 Å². The normalized spacial score (nSPS) is 20.7. The Morgan fingerprint density at radius 3 is 2.61 bits per heavy atom. The van der Waals surface area contributed by atoms with Gasteiger partial charge < -0.3 is 30.3 Å². The highest BCUT2D eigenvalue weighted by atomic mass is 35.5. The zero-order chi connectivity index (χ0) is 29.5. The van der Waals surface area contributed by atoms with Crippen LogP contribution in [0, 0.1) is 0 Å². The van der Waals surface area contributed by atoms with Crippen molar-refractivity contribution in [2.24, 2.45) is 0 Å². The largest absolute Gasteiger partial charge is 0.433 e. The molecule has 11 nitrogen and oxygen atoms in total. The molecule has 2 fully saturated rings. The van der Waals surface area contributed by atoms with Crippen LogP contribution in [0.3, 0.4) is 0 Å². The molecule has 2 aliphatic rings. The Morgan fingerprint density at radius 2 is 1.90 bits per heavy atom. The van der Waals surface area contributed by atoms with Gasteiger partial charge in [0.2, 0.25) is 24.0 Å². The summed E-state index contributed by atoms with van der Waals surface area (Å²) < 4.78 is 11.0. The van der Waals surface area contributed by atoms with Crippen LogP contribution in [0.2, 0.25) is 5.02 Å². The smallest absolute Gasteiger partial charge is 0.310 e. The highest BCUT2D eigenvalue weighted by Gasteiger charge is 2.41. The molecule has 2 heterocycles. The molecule has 0 unspecified atom stereocenters. The minimum absolute atomic E-state index is 0.0399. The molecule has 41 heavy (non-hydrogen) atoms. The molecule has 3 N–H and O–H groups in total. The molecular weight excluding hydrogens is 552 g/mol. The first-order valence-corrected chi connectivity index (χ1v) is 13.9. The lowest BCUT2D eigenvalue weighted by Crippen LogP contribution is -2.54. The average Bonchev–Trinajstić information content (AvgIpc) is 3.59. The van der Waals surface area contributed by atoms with Crippen molar-refractivity contribution < 1.29 is 33.4 Å². The molecule has 4 amide bonds. The number of esters is 1. The Balaban J connectivity index is 1.33. The first-order valence-electron chi connectivity index (χ1n) is 13.5. The monoisotopic (exact) mass is 584 g/mol. The van der Waals surface area contributed by atoms with Gasteiger partial charge in [0.15, 0.2) is 0 Å². The van der Waals surface area contributed by atoms with E-state index in [1.54, 1.807) is 13.8 Å². The van der Waals surface area contributed by atoms with Gasteiger partial charge in [-0.15, -0.1) is 0 Å². The third kappa shape index (κ3) is 7.62. The molecule has 0 saturated carbocycles. The number of amides is 4. The first-order chi connectivity index (χ1) is 19.7. The summed E-state index contributed by atoms with van der Waals surface area (Å²) in [5, 5.41) is 8.32. The number of hydrogen-bond donors (Lipinski definition) is 3. The fourth-order valence-corrected chi connectivity index (χ4v) is 4.95. The molecule has 0 radical (unpaired) electrons. The summed E-state index contributed by atoms with van der Waals surface area (Å²) in [4.78, 5) is 64.4. The van der Waals surface area contributed by atoms with E-state index in [4.69, 9.17) is 21.1 Å². The van der Waals surface area contributed by atoms with Crippen molar-refractivity contribution in [1.82, 2.24) is 15.5 Å². The first kappa shape index (κ1) is 30.0. The third-order valence-corrected chi connectivity index (χ3v) is 7.24. The van der Waals surface area contributed by atoms with Crippen molar-refractivity contribution in [3.05, 3.63) is 64.7 Å². The van der Waals surface area contributed by atoms with E-state index >= 15 is 0 Å². The quantitative estimate of drug-likeness (QED) is 0.364. The summed E-state index contributed by atoms with van der Waals surface area (Å²) in [5.41, 5.74) is 1.49. The van der Waals surface area contributed by atoms with Gasteiger partial charge in [-0.05, 0) is 43.5 Å². The highest BCUT2D eigenvalue weighted by Crippen LogP contribution is 2.24. The number of halogens is 1. The van der Waals surface area contributed by atoms with E-state index in [2.05, 4.69) is 16.0 Å². The maximum Gasteiger partial charge on any atom is 0.310 e. The topological polar surface area (TPSA) is 143 Å². The fourth-order valence-electron chi connectivity index (χ4n) is 4.73. The standard InChI is InChI=1S/C29H33ClN4O7/c1-3-24(35)32-21-12-11-19(14-20(21)30)26(37)31-17(2)28(39)34-13-7-10-23(34)27(38)33-22-15-25(36)41-29(22)40-16-18-8-5-4-6-9-18/h4-6,8-9,11-12,14,17,22-23,29H,3,7,10,13,15-16H2,1-2H3,(H,31,37)(H,32,35)(H,33,38)/t17-,22-,23-,29+/m0/s1. The number of carbonyl (C=O) groups is 5. The molecule has 2 saturated heterocycles. The van der Waals surface area contributed by atoms with Crippen molar-refractivity contribution in [2.75, 3.05) is 11.9 Å². The molecule has 2 aliphatic heterocycles.